The number of Topliss-reactive ketones (excluding diaryl/α,β-unsaturated/α-hetero) is 1. The van der Waals surface area contributed by atoms with E-state index in [1.807, 2.05) is 7.05 Å². The summed E-state index contributed by atoms with van der Waals surface area (Å²) >= 11 is 0. The van der Waals surface area contributed by atoms with Crippen LogP contribution in [0.15, 0.2) is 24.3 Å². The van der Waals surface area contributed by atoms with Gasteiger partial charge in [0.15, 0.2) is 5.78 Å². The molecular weight excluding hydrogens is 257 g/mol. The molecule has 4 heteroatoms. The minimum absolute atomic E-state index is 0.123. The molecule has 1 saturated heterocycles. The van der Waals surface area contributed by atoms with Crippen LogP contribution in [-0.4, -0.2) is 44.0 Å². The standard InChI is InChI=1S/C16H22FNO2/c1-18(12-13-7-10-20-11-8-13)9-6-16(19)14-4-2-3-5-15(14)17/h2-5,13H,6-12H2,1H3. The summed E-state index contributed by atoms with van der Waals surface area (Å²) < 4.78 is 18.8. The van der Waals surface area contributed by atoms with Gasteiger partial charge >= 0.3 is 0 Å². The molecule has 1 aromatic rings. The van der Waals surface area contributed by atoms with E-state index in [4.69, 9.17) is 4.74 Å². The number of carbonyl (C=O) groups is 1. The fourth-order valence-electron chi connectivity index (χ4n) is 2.58. The first kappa shape index (κ1) is 15.1. The average molecular weight is 279 g/mol. The Morgan fingerprint density at radius 3 is 2.75 bits per heavy atom. The van der Waals surface area contributed by atoms with E-state index in [-0.39, 0.29) is 11.3 Å². The molecule has 2 rings (SSSR count). The van der Waals surface area contributed by atoms with Gasteiger partial charge in [-0.3, -0.25) is 4.79 Å². The van der Waals surface area contributed by atoms with Gasteiger partial charge in [-0.1, -0.05) is 12.1 Å². The molecule has 0 bridgehead atoms. The summed E-state index contributed by atoms with van der Waals surface area (Å²) in [6.45, 7) is 3.33. The SMILES string of the molecule is CN(CCC(=O)c1ccccc1F)CC1CCOCC1. The minimum Gasteiger partial charge on any atom is -0.381 e. The molecule has 0 radical (unpaired) electrons. The molecule has 0 saturated carbocycles. The first-order valence-corrected chi connectivity index (χ1v) is 7.21. The van der Waals surface area contributed by atoms with E-state index in [1.165, 1.54) is 6.07 Å². The maximum absolute atomic E-state index is 13.5. The third kappa shape index (κ3) is 4.39. The Kier molecular flexibility index (Phi) is 5.68. The summed E-state index contributed by atoms with van der Waals surface area (Å²) in [6, 6.07) is 6.18. The van der Waals surface area contributed by atoms with Crippen molar-refractivity contribution in [2.45, 2.75) is 19.3 Å². The van der Waals surface area contributed by atoms with Crippen molar-refractivity contribution >= 4 is 5.78 Å². The van der Waals surface area contributed by atoms with Crippen LogP contribution in [0.3, 0.4) is 0 Å². The Bertz CT molecular complexity index is 444. The van der Waals surface area contributed by atoms with E-state index in [0.29, 0.717) is 18.9 Å². The van der Waals surface area contributed by atoms with Gasteiger partial charge in [0.05, 0.1) is 5.56 Å². The van der Waals surface area contributed by atoms with E-state index in [0.717, 1.165) is 32.6 Å². The molecule has 0 amide bonds. The molecule has 1 fully saturated rings. The lowest BCUT2D eigenvalue weighted by Crippen LogP contribution is -2.31. The van der Waals surface area contributed by atoms with Crippen molar-refractivity contribution in [3.63, 3.8) is 0 Å². The summed E-state index contributed by atoms with van der Waals surface area (Å²) in [6.07, 6.45) is 2.54. The molecule has 20 heavy (non-hydrogen) atoms. The lowest BCUT2D eigenvalue weighted by Gasteiger charge is -2.26. The number of benzene rings is 1. The van der Waals surface area contributed by atoms with Crippen molar-refractivity contribution in [1.29, 1.82) is 0 Å². The molecule has 1 aliphatic rings. The van der Waals surface area contributed by atoms with Gasteiger partial charge in [0, 0.05) is 32.7 Å². The molecule has 0 aliphatic carbocycles. The smallest absolute Gasteiger partial charge is 0.167 e. The third-order valence-electron chi connectivity index (χ3n) is 3.81. The van der Waals surface area contributed by atoms with E-state index < -0.39 is 5.82 Å². The van der Waals surface area contributed by atoms with E-state index in [2.05, 4.69) is 4.90 Å². The largest absolute Gasteiger partial charge is 0.381 e. The summed E-state index contributed by atoms with van der Waals surface area (Å²) in [5.74, 6) is 0.101. The number of ether oxygens (including phenoxy) is 1. The molecule has 0 spiro atoms. The lowest BCUT2D eigenvalue weighted by molar-refractivity contribution is 0.0552. The van der Waals surface area contributed by atoms with Gasteiger partial charge in [0.25, 0.3) is 0 Å². The highest BCUT2D eigenvalue weighted by molar-refractivity contribution is 5.96. The summed E-state index contributed by atoms with van der Waals surface area (Å²) in [7, 11) is 2.02. The number of rotatable bonds is 6. The quantitative estimate of drug-likeness (QED) is 0.750. The van der Waals surface area contributed by atoms with Crippen molar-refractivity contribution in [2.24, 2.45) is 5.92 Å². The highest BCUT2D eigenvalue weighted by Crippen LogP contribution is 2.16. The Hall–Kier alpha value is -1.26. The summed E-state index contributed by atoms with van der Waals surface area (Å²) in [4.78, 5) is 14.1. The maximum Gasteiger partial charge on any atom is 0.167 e. The van der Waals surface area contributed by atoms with Gasteiger partial charge in [-0.25, -0.2) is 4.39 Å². The Balaban J connectivity index is 1.76. The fourth-order valence-corrected chi connectivity index (χ4v) is 2.58. The Morgan fingerprint density at radius 2 is 2.05 bits per heavy atom. The monoisotopic (exact) mass is 279 g/mol. The highest BCUT2D eigenvalue weighted by Gasteiger charge is 2.17. The Labute approximate surface area is 119 Å². The summed E-state index contributed by atoms with van der Waals surface area (Å²) in [5, 5.41) is 0. The molecule has 1 aromatic carbocycles. The van der Waals surface area contributed by atoms with Crippen LogP contribution in [0.2, 0.25) is 0 Å². The lowest BCUT2D eigenvalue weighted by atomic mass is 9.99. The van der Waals surface area contributed by atoms with Crippen LogP contribution < -0.4 is 0 Å². The topological polar surface area (TPSA) is 29.5 Å². The van der Waals surface area contributed by atoms with Crippen LogP contribution in [0.4, 0.5) is 4.39 Å². The number of carbonyl (C=O) groups excluding carboxylic acids is 1. The number of hydrogen-bond acceptors (Lipinski definition) is 3. The highest BCUT2D eigenvalue weighted by atomic mass is 19.1. The molecule has 0 unspecified atom stereocenters. The third-order valence-corrected chi connectivity index (χ3v) is 3.81. The van der Waals surface area contributed by atoms with Gasteiger partial charge in [0.2, 0.25) is 0 Å². The number of ketones is 1. The van der Waals surface area contributed by atoms with Crippen molar-refractivity contribution < 1.29 is 13.9 Å². The van der Waals surface area contributed by atoms with Crippen LogP contribution in [0.5, 0.6) is 0 Å². The second-order valence-corrected chi connectivity index (χ2v) is 5.47. The van der Waals surface area contributed by atoms with E-state index in [1.54, 1.807) is 18.2 Å². The zero-order chi connectivity index (χ0) is 14.4. The second-order valence-electron chi connectivity index (χ2n) is 5.47. The second kappa shape index (κ2) is 7.50. The van der Waals surface area contributed by atoms with E-state index >= 15 is 0 Å². The molecular formula is C16H22FNO2. The minimum atomic E-state index is -0.426. The molecule has 0 N–H and O–H groups in total. The van der Waals surface area contributed by atoms with Crippen LogP contribution in [0.25, 0.3) is 0 Å². The zero-order valence-corrected chi connectivity index (χ0v) is 12.0. The predicted octanol–water partition coefficient (Wildman–Crippen LogP) is 2.76. The summed E-state index contributed by atoms with van der Waals surface area (Å²) in [5.41, 5.74) is 0.201. The van der Waals surface area contributed by atoms with Gasteiger partial charge in [-0.05, 0) is 37.9 Å². The predicted molar refractivity (Wildman–Crippen MR) is 76.4 cm³/mol. The number of hydrogen-bond donors (Lipinski definition) is 0. The van der Waals surface area contributed by atoms with Crippen molar-refractivity contribution in [3.8, 4) is 0 Å². The average Bonchev–Trinajstić information content (AvgIpc) is 2.46. The van der Waals surface area contributed by atoms with Gasteiger partial charge in [-0.15, -0.1) is 0 Å². The van der Waals surface area contributed by atoms with Gasteiger partial charge in [-0.2, -0.15) is 0 Å². The maximum atomic E-state index is 13.5. The molecule has 1 heterocycles. The first-order chi connectivity index (χ1) is 9.66. The Morgan fingerprint density at radius 1 is 1.35 bits per heavy atom. The van der Waals surface area contributed by atoms with Gasteiger partial charge in [0.1, 0.15) is 5.82 Å². The number of halogens is 1. The van der Waals surface area contributed by atoms with E-state index in [9.17, 15) is 9.18 Å². The van der Waals surface area contributed by atoms with Crippen LogP contribution in [0.1, 0.15) is 29.6 Å². The molecule has 1 aliphatic heterocycles. The van der Waals surface area contributed by atoms with Crippen LogP contribution >= 0.6 is 0 Å². The first-order valence-electron chi connectivity index (χ1n) is 7.21. The molecule has 0 atom stereocenters. The van der Waals surface area contributed by atoms with Crippen molar-refractivity contribution in [3.05, 3.63) is 35.6 Å². The number of nitrogens with zero attached hydrogens (tertiary/aromatic N) is 1. The van der Waals surface area contributed by atoms with Crippen LogP contribution in [-0.2, 0) is 4.74 Å². The van der Waals surface area contributed by atoms with Crippen LogP contribution in [0, 0.1) is 11.7 Å². The normalized spacial score (nSPS) is 16.6. The molecule has 3 nitrogen and oxygen atoms in total. The zero-order valence-electron chi connectivity index (χ0n) is 12.0. The van der Waals surface area contributed by atoms with Crippen molar-refractivity contribution in [2.75, 3.05) is 33.4 Å². The fraction of sp³-hybridized carbons (Fsp3) is 0.562. The van der Waals surface area contributed by atoms with Gasteiger partial charge < -0.3 is 9.64 Å². The molecule has 110 valence electrons. The molecule has 0 aromatic heterocycles. The van der Waals surface area contributed by atoms with Crippen molar-refractivity contribution in [1.82, 2.24) is 4.90 Å².